The maximum Gasteiger partial charge on any atom is 0.289 e. The number of rotatable bonds is 6. The molecule has 0 N–H and O–H groups in total. The quantitative estimate of drug-likeness (QED) is 0.769. The zero-order valence-electron chi connectivity index (χ0n) is 15.5. The predicted octanol–water partition coefficient (Wildman–Crippen LogP) is 4.64. The van der Waals surface area contributed by atoms with Crippen LogP contribution in [0, 0.1) is 5.92 Å². The van der Waals surface area contributed by atoms with Gasteiger partial charge in [0.25, 0.3) is 5.91 Å². The van der Waals surface area contributed by atoms with E-state index in [9.17, 15) is 4.79 Å². The average molecular weight is 341 g/mol. The molecule has 1 fully saturated rings. The molecule has 4 nitrogen and oxygen atoms in total. The molecule has 1 aromatic carbocycles. The number of ether oxygens (including phenoxy) is 1. The number of benzene rings is 1. The molecule has 3 rings (SSSR count). The minimum absolute atomic E-state index is 0.0623. The summed E-state index contributed by atoms with van der Waals surface area (Å²) >= 11 is 0. The minimum atomic E-state index is -0.0623. The first-order valence-electron chi connectivity index (χ1n) is 8.90. The van der Waals surface area contributed by atoms with Crippen molar-refractivity contribution in [2.45, 2.75) is 45.6 Å². The molecule has 0 atom stereocenters. The summed E-state index contributed by atoms with van der Waals surface area (Å²) in [6, 6.07) is 11.6. The van der Waals surface area contributed by atoms with Crippen LogP contribution in [0.1, 0.15) is 55.5 Å². The van der Waals surface area contributed by atoms with Gasteiger partial charge in [0.05, 0.1) is 0 Å². The van der Waals surface area contributed by atoms with Crippen molar-refractivity contribution in [1.29, 1.82) is 0 Å². The number of amides is 1. The number of hydrogen-bond donors (Lipinski definition) is 0. The van der Waals surface area contributed by atoms with Gasteiger partial charge in [0.2, 0.25) is 0 Å². The van der Waals surface area contributed by atoms with Gasteiger partial charge in [0.1, 0.15) is 18.1 Å². The number of nitrogens with zero attached hydrogens (tertiary/aromatic N) is 1. The summed E-state index contributed by atoms with van der Waals surface area (Å²) < 4.78 is 11.4. The average Bonchev–Trinajstić information content (AvgIpc) is 3.25. The molecule has 0 radical (unpaired) electrons. The summed E-state index contributed by atoms with van der Waals surface area (Å²) in [6.45, 7) is 7.68. The minimum Gasteiger partial charge on any atom is -0.486 e. The SMILES string of the molecule is CN(CC1CC1)C(=O)c1ccc(COc2ccc(C(C)(C)C)cc2)o1. The second-order valence-electron chi connectivity index (χ2n) is 7.96. The van der Waals surface area contributed by atoms with Gasteiger partial charge in [-0.05, 0) is 54.0 Å². The first-order chi connectivity index (χ1) is 11.8. The summed E-state index contributed by atoms with van der Waals surface area (Å²) in [7, 11) is 1.83. The van der Waals surface area contributed by atoms with E-state index < -0.39 is 0 Å². The standard InChI is InChI=1S/C21H27NO3/c1-21(2,3)16-7-9-17(10-8-16)24-14-18-11-12-19(25-18)20(23)22(4)13-15-5-6-15/h7-12,15H,5-6,13-14H2,1-4H3. The molecule has 0 spiro atoms. The zero-order chi connectivity index (χ0) is 18.0. The fourth-order valence-electron chi connectivity index (χ4n) is 2.73. The van der Waals surface area contributed by atoms with Crippen LogP contribution in [0.4, 0.5) is 0 Å². The summed E-state index contributed by atoms with van der Waals surface area (Å²) in [5.41, 5.74) is 1.39. The van der Waals surface area contributed by atoms with E-state index in [0.717, 1.165) is 12.3 Å². The lowest BCUT2D eigenvalue weighted by atomic mass is 9.87. The van der Waals surface area contributed by atoms with E-state index in [1.807, 2.05) is 25.2 Å². The smallest absolute Gasteiger partial charge is 0.289 e. The van der Waals surface area contributed by atoms with E-state index in [-0.39, 0.29) is 11.3 Å². The van der Waals surface area contributed by atoms with Crippen molar-refractivity contribution in [3.63, 3.8) is 0 Å². The fourth-order valence-corrected chi connectivity index (χ4v) is 2.73. The van der Waals surface area contributed by atoms with E-state index in [2.05, 4.69) is 32.9 Å². The highest BCUT2D eigenvalue weighted by atomic mass is 16.5. The highest BCUT2D eigenvalue weighted by Gasteiger charge is 2.26. The molecule has 4 heteroatoms. The summed E-state index contributed by atoms with van der Waals surface area (Å²) in [5, 5.41) is 0. The van der Waals surface area contributed by atoms with Crippen molar-refractivity contribution >= 4 is 5.91 Å². The maximum atomic E-state index is 12.3. The molecular weight excluding hydrogens is 314 g/mol. The molecule has 1 aromatic heterocycles. The lowest BCUT2D eigenvalue weighted by Crippen LogP contribution is -2.28. The summed E-state index contributed by atoms with van der Waals surface area (Å²) in [6.07, 6.45) is 2.45. The molecule has 0 saturated heterocycles. The van der Waals surface area contributed by atoms with Crippen molar-refractivity contribution in [2.24, 2.45) is 5.92 Å². The second kappa shape index (κ2) is 6.95. The molecule has 25 heavy (non-hydrogen) atoms. The number of hydrogen-bond acceptors (Lipinski definition) is 3. The summed E-state index contributed by atoms with van der Waals surface area (Å²) in [4.78, 5) is 14.1. The molecule has 134 valence electrons. The normalized spacial score (nSPS) is 14.4. The van der Waals surface area contributed by atoms with Gasteiger partial charge in [0, 0.05) is 13.6 Å². The Balaban J connectivity index is 1.55. The molecule has 1 aliphatic rings. The van der Waals surface area contributed by atoms with Gasteiger partial charge in [-0.3, -0.25) is 4.79 Å². The van der Waals surface area contributed by atoms with Crippen molar-refractivity contribution in [1.82, 2.24) is 4.90 Å². The van der Waals surface area contributed by atoms with Crippen LogP contribution in [-0.4, -0.2) is 24.4 Å². The Morgan fingerprint density at radius 1 is 1.16 bits per heavy atom. The van der Waals surface area contributed by atoms with Gasteiger partial charge < -0.3 is 14.1 Å². The Morgan fingerprint density at radius 2 is 1.84 bits per heavy atom. The van der Waals surface area contributed by atoms with Gasteiger partial charge in [0.15, 0.2) is 5.76 Å². The third-order valence-electron chi connectivity index (χ3n) is 4.55. The Kier molecular flexibility index (Phi) is 4.89. The van der Waals surface area contributed by atoms with Crippen molar-refractivity contribution in [2.75, 3.05) is 13.6 Å². The van der Waals surface area contributed by atoms with E-state index in [0.29, 0.717) is 24.0 Å². The van der Waals surface area contributed by atoms with Crippen molar-refractivity contribution in [3.05, 3.63) is 53.5 Å². The number of furan rings is 1. The van der Waals surface area contributed by atoms with E-state index >= 15 is 0 Å². The van der Waals surface area contributed by atoms with Crippen LogP contribution in [-0.2, 0) is 12.0 Å². The van der Waals surface area contributed by atoms with Gasteiger partial charge in [-0.15, -0.1) is 0 Å². The topological polar surface area (TPSA) is 42.7 Å². The van der Waals surface area contributed by atoms with Crippen LogP contribution in [0.15, 0.2) is 40.8 Å². The van der Waals surface area contributed by atoms with Crippen LogP contribution in [0.3, 0.4) is 0 Å². The molecule has 1 heterocycles. The second-order valence-corrected chi connectivity index (χ2v) is 7.96. The molecule has 0 unspecified atom stereocenters. The molecular formula is C21H27NO3. The number of carbonyl (C=O) groups is 1. The van der Waals surface area contributed by atoms with E-state index in [4.69, 9.17) is 9.15 Å². The first-order valence-corrected chi connectivity index (χ1v) is 8.90. The van der Waals surface area contributed by atoms with E-state index in [1.54, 1.807) is 11.0 Å². The Morgan fingerprint density at radius 3 is 2.44 bits per heavy atom. The fraction of sp³-hybridized carbons (Fsp3) is 0.476. The molecule has 0 aliphatic heterocycles. The van der Waals surface area contributed by atoms with Crippen LogP contribution in [0.2, 0.25) is 0 Å². The Bertz CT molecular complexity index is 720. The lowest BCUT2D eigenvalue weighted by molar-refractivity contribution is 0.0753. The maximum absolute atomic E-state index is 12.3. The highest BCUT2D eigenvalue weighted by molar-refractivity contribution is 5.91. The van der Waals surface area contributed by atoms with Crippen LogP contribution in [0.25, 0.3) is 0 Å². The molecule has 1 saturated carbocycles. The molecule has 0 bridgehead atoms. The van der Waals surface area contributed by atoms with Crippen LogP contribution >= 0.6 is 0 Å². The van der Waals surface area contributed by atoms with Gasteiger partial charge >= 0.3 is 0 Å². The summed E-state index contributed by atoms with van der Waals surface area (Å²) in [5.74, 6) is 2.44. The van der Waals surface area contributed by atoms with Gasteiger partial charge in [-0.25, -0.2) is 0 Å². The highest BCUT2D eigenvalue weighted by Crippen LogP contribution is 2.30. The van der Waals surface area contributed by atoms with Crippen molar-refractivity contribution < 1.29 is 13.9 Å². The van der Waals surface area contributed by atoms with Gasteiger partial charge in [-0.1, -0.05) is 32.9 Å². The molecule has 1 aliphatic carbocycles. The lowest BCUT2D eigenvalue weighted by Gasteiger charge is -2.19. The third-order valence-corrected chi connectivity index (χ3v) is 4.55. The largest absolute Gasteiger partial charge is 0.486 e. The van der Waals surface area contributed by atoms with Crippen LogP contribution in [0.5, 0.6) is 5.75 Å². The Hall–Kier alpha value is -2.23. The Labute approximate surface area is 149 Å². The monoisotopic (exact) mass is 341 g/mol. The van der Waals surface area contributed by atoms with Gasteiger partial charge in [-0.2, -0.15) is 0 Å². The zero-order valence-corrected chi connectivity index (χ0v) is 15.5. The third kappa shape index (κ3) is 4.65. The molecule has 1 amide bonds. The van der Waals surface area contributed by atoms with Crippen LogP contribution < -0.4 is 4.74 Å². The molecule has 2 aromatic rings. The first kappa shape index (κ1) is 17.6. The number of carbonyl (C=O) groups excluding carboxylic acids is 1. The van der Waals surface area contributed by atoms with E-state index in [1.165, 1.54) is 18.4 Å². The predicted molar refractivity (Wildman–Crippen MR) is 97.9 cm³/mol. The van der Waals surface area contributed by atoms with Crippen molar-refractivity contribution in [3.8, 4) is 5.75 Å².